The van der Waals surface area contributed by atoms with E-state index in [1.807, 2.05) is 0 Å². The van der Waals surface area contributed by atoms with E-state index < -0.39 is 29.2 Å². The average Bonchev–Trinajstić information content (AvgIpc) is 2.74. The lowest BCUT2D eigenvalue weighted by molar-refractivity contribution is -0.145. The summed E-state index contributed by atoms with van der Waals surface area (Å²) in [6, 6.07) is 10.3. The molecule has 0 atom stereocenters. The zero-order valence-electron chi connectivity index (χ0n) is 16.9. The number of aromatic nitrogens is 1. The van der Waals surface area contributed by atoms with E-state index in [0.717, 1.165) is 28.8 Å². The largest absolute Gasteiger partial charge is 0.481 e. The molecule has 1 heterocycles. The van der Waals surface area contributed by atoms with Crippen LogP contribution in [0.2, 0.25) is 0 Å². The number of nitrogens with one attached hydrogen (secondary N) is 1. The number of carbonyl (C=O) groups excluding carboxylic acids is 2. The quantitative estimate of drug-likeness (QED) is 0.558. The number of halogens is 3. The van der Waals surface area contributed by atoms with Gasteiger partial charge in [0.15, 0.2) is 6.61 Å². The first kappa shape index (κ1) is 22.9. The third-order valence-corrected chi connectivity index (χ3v) is 4.44. The number of pyridine rings is 1. The zero-order valence-corrected chi connectivity index (χ0v) is 16.9. The highest BCUT2D eigenvalue weighted by Crippen LogP contribution is 2.29. The van der Waals surface area contributed by atoms with Crippen molar-refractivity contribution in [1.82, 2.24) is 4.57 Å². The molecule has 0 radical (unpaired) electrons. The van der Waals surface area contributed by atoms with Gasteiger partial charge in [-0.15, -0.1) is 0 Å². The number of esters is 1. The molecule has 10 heteroatoms. The Morgan fingerprint density at radius 3 is 2.41 bits per heavy atom. The third-order valence-electron chi connectivity index (χ3n) is 4.44. The van der Waals surface area contributed by atoms with Crippen LogP contribution in [0.15, 0.2) is 59.5 Å². The van der Waals surface area contributed by atoms with E-state index >= 15 is 0 Å². The van der Waals surface area contributed by atoms with Gasteiger partial charge in [0.1, 0.15) is 12.3 Å². The van der Waals surface area contributed by atoms with Crippen LogP contribution in [0.3, 0.4) is 0 Å². The summed E-state index contributed by atoms with van der Waals surface area (Å²) in [5.41, 5.74) is -1.12. The third kappa shape index (κ3) is 5.45. The molecule has 1 amide bonds. The molecule has 0 saturated carbocycles. The van der Waals surface area contributed by atoms with Crippen LogP contribution >= 0.6 is 0 Å². The standard InChI is InChI=1S/C22H19F3N2O5/c1-2-31-20(29)13-32-18-5-3-4-17-16(18)10-11-27(21(17)30)12-19(28)26-15-8-6-14(7-9-15)22(23,24)25/h3-11H,2,12-13H2,1H3,(H,26,28). The van der Waals surface area contributed by atoms with Gasteiger partial charge in [0.05, 0.1) is 17.6 Å². The molecule has 0 bridgehead atoms. The maximum atomic E-state index is 12.8. The van der Waals surface area contributed by atoms with Crippen molar-refractivity contribution in [2.75, 3.05) is 18.5 Å². The summed E-state index contributed by atoms with van der Waals surface area (Å²) < 4.78 is 49.3. The number of hydrogen-bond donors (Lipinski definition) is 1. The first-order valence-corrected chi connectivity index (χ1v) is 9.56. The highest BCUT2D eigenvalue weighted by Gasteiger charge is 2.30. The molecule has 0 saturated heterocycles. The molecule has 0 aliphatic carbocycles. The van der Waals surface area contributed by atoms with Gasteiger partial charge < -0.3 is 19.4 Å². The molecule has 7 nitrogen and oxygen atoms in total. The van der Waals surface area contributed by atoms with Crippen LogP contribution in [0.1, 0.15) is 12.5 Å². The Kier molecular flexibility index (Phi) is 6.82. The molecule has 0 fully saturated rings. The van der Waals surface area contributed by atoms with E-state index in [9.17, 15) is 27.6 Å². The Balaban J connectivity index is 1.74. The van der Waals surface area contributed by atoms with E-state index in [0.29, 0.717) is 11.1 Å². The van der Waals surface area contributed by atoms with E-state index in [1.165, 1.54) is 6.20 Å². The molecule has 0 unspecified atom stereocenters. The minimum Gasteiger partial charge on any atom is -0.481 e. The fourth-order valence-electron chi connectivity index (χ4n) is 2.98. The van der Waals surface area contributed by atoms with Gasteiger partial charge >= 0.3 is 12.1 Å². The molecule has 3 aromatic rings. The van der Waals surface area contributed by atoms with E-state index in [4.69, 9.17) is 9.47 Å². The zero-order chi connectivity index (χ0) is 23.3. The Bertz CT molecular complexity index is 1190. The van der Waals surface area contributed by atoms with E-state index in [2.05, 4.69) is 5.32 Å². The number of amides is 1. The number of ether oxygens (including phenoxy) is 2. The average molecular weight is 448 g/mol. The lowest BCUT2D eigenvalue weighted by atomic mass is 10.1. The van der Waals surface area contributed by atoms with Crippen LogP contribution < -0.4 is 15.6 Å². The van der Waals surface area contributed by atoms with Crippen LogP contribution in [0, 0.1) is 0 Å². The van der Waals surface area contributed by atoms with Crippen LogP contribution in [-0.4, -0.2) is 29.7 Å². The van der Waals surface area contributed by atoms with Gasteiger partial charge in [-0.25, -0.2) is 4.79 Å². The van der Waals surface area contributed by atoms with Crippen molar-refractivity contribution in [3.8, 4) is 5.75 Å². The second kappa shape index (κ2) is 9.54. The summed E-state index contributed by atoms with van der Waals surface area (Å²) in [6.07, 6.45) is -3.08. The van der Waals surface area contributed by atoms with Crippen molar-refractivity contribution in [3.63, 3.8) is 0 Å². The minimum atomic E-state index is -4.47. The molecule has 32 heavy (non-hydrogen) atoms. The maximum absolute atomic E-state index is 12.8. The molecular weight excluding hydrogens is 429 g/mol. The fraction of sp³-hybridized carbons (Fsp3) is 0.227. The first-order chi connectivity index (χ1) is 15.2. The lowest BCUT2D eigenvalue weighted by Crippen LogP contribution is -2.27. The fourth-order valence-corrected chi connectivity index (χ4v) is 2.98. The predicted octanol–water partition coefficient (Wildman–Crippen LogP) is 3.60. The van der Waals surface area contributed by atoms with Gasteiger partial charge in [-0.2, -0.15) is 13.2 Å². The second-order valence-electron chi connectivity index (χ2n) is 6.68. The summed E-state index contributed by atoms with van der Waals surface area (Å²) >= 11 is 0. The van der Waals surface area contributed by atoms with E-state index in [1.54, 1.807) is 31.2 Å². The number of anilines is 1. The Morgan fingerprint density at radius 2 is 1.75 bits per heavy atom. The molecule has 1 N–H and O–H groups in total. The molecule has 0 spiro atoms. The summed E-state index contributed by atoms with van der Waals surface area (Å²) in [5, 5.41) is 3.19. The maximum Gasteiger partial charge on any atom is 0.416 e. The number of hydrogen-bond acceptors (Lipinski definition) is 5. The van der Waals surface area contributed by atoms with Crippen molar-refractivity contribution in [1.29, 1.82) is 0 Å². The Morgan fingerprint density at radius 1 is 1.03 bits per heavy atom. The predicted molar refractivity (Wildman–Crippen MR) is 110 cm³/mol. The highest BCUT2D eigenvalue weighted by atomic mass is 19.4. The molecule has 1 aromatic heterocycles. The molecular formula is C22H19F3N2O5. The molecule has 0 aliphatic heterocycles. The van der Waals surface area contributed by atoms with Crippen LogP contribution in [0.5, 0.6) is 5.75 Å². The highest BCUT2D eigenvalue weighted by molar-refractivity contribution is 5.91. The smallest absolute Gasteiger partial charge is 0.416 e. The van der Waals surface area contributed by atoms with Crippen molar-refractivity contribution in [2.45, 2.75) is 19.6 Å². The van der Waals surface area contributed by atoms with Crippen LogP contribution in [0.25, 0.3) is 10.8 Å². The van der Waals surface area contributed by atoms with Gasteiger partial charge in [0.2, 0.25) is 5.91 Å². The number of benzene rings is 2. The topological polar surface area (TPSA) is 86.6 Å². The van der Waals surface area contributed by atoms with Crippen LogP contribution in [-0.2, 0) is 27.0 Å². The number of alkyl halides is 3. The molecule has 168 valence electrons. The first-order valence-electron chi connectivity index (χ1n) is 9.56. The number of fused-ring (bicyclic) bond motifs is 1. The molecule has 0 aliphatic rings. The Labute approximate surface area is 180 Å². The summed E-state index contributed by atoms with van der Waals surface area (Å²) in [5.74, 6) is -0.812. The summed E-state index contributed by atoms with van der Waals surface area (Å²) in [6.45, 7) is 1.23. The van der Waals surface area contributed by atoms with Gasteiger partial charge in [-0.3, -0.25) is 9.59 Å². The van der Waals surface area contributed by atoms with Gasteiger partial charge in [-0.1, -0.05) is 6.07 Å². The normalized spacial score (nSPS) is 11.2. The van der Waals surface area contributed by atoms with Crippen molar-refractivity contribution < 1.29 is 32.2 Å². The molecule has 2 aromatic carbocycles. The van der Waals surface area contributed by atoms with Gasteiger partial charge in [-0.05, 0) is 49.4 Å². The SMILES string of the molecule is CCOC(=O)COc1cccc2c(=O)n(CC(=O)Nc3ccc(C(F)(F)F)cc3)ccc12. The molecule has 3 rings (SSSR count). The minimum absolute atomic E-state index is 0.173. The van der Waals surface area contributed by atoms with Crippen molar-refractivity contribution in [3.05, 3.63) is 70.6 Å². The van der Waals surface area contributed by atoms with Crippen molar-refractivity contribution in [2.24, 2.45) is 0 Å². The number of rotatable bonds is 7. The van der Waals surface area contributed by atoms with Gasteiger partial charge in [0.25, 0.3) is 5.56 Å². The Hall–Kier alpha value is -3.82. The number of nitrogens with zero attached hydrogens (tertiary/aromatic N) is 1. The van der Waals surface area contributed by atoms with Crippen LogP contribution in [0.4, 0.5) is 18.9 Å². The van der Waals surface area contributed by atoms with Crippen molar-refractivity contribution >= 4 is 28.3 Å². The summed E-state index contributed by atoms with van der Waals surface area (Å²) in [4.78, 5) is 36.6. The van der Waals surface area contributed by atoms with E-state index in [-0.39, 0.29) is 30.8 Å². The second-order valence-corrected chi connectivity index (χ2v) is 6.68. The number of carbonyl (C=O) groups is 2. The monoisotopic (exact) mass is 448 g/mol. The lowest BCUT2D eigenvalue weighted by Gasteiger charge is -2.12. The summed E-state index contributed by atoms with van der Waals surface area (Å²) in [7, 11) is 0. The van der Waals surface area contributed by atoms with Gasteiger partial charge in [0, 0.05) is 17.3 Å².